The van der Waals surface area contributed by atoms with E-state index in [4.69, 9.17) is 9.31 Å². The summed E-state index contributed by atoms with van der Waals surface area (Å²) in [5, 5.41) is 0. The molecule has 74 valence electrons. The van der Waals surface area contributed by atoms with E-state index in [0.29, 0.717) is 5.82 Å². The first-order chi connectivity index (χ1) is 6.07. The third kappa shape index (κ3) is 2.85. The van der Waals surface area contributed by atoms with Gasteiger partial charge in [-0.05, 0) is 12.2 Å². The minimum absolute atomic E-state index is 0.0158. The molecule has 0 atom stereocenters. The molecule has 0 aromatic rings. The molecule has 0 radical (unpaired) electrons. The van der Waals surface area contributed by atoms with Gasteiger partial charge in [-0.3, -0.25) is 0 Å². The van der Waals surface area contributed by atoms with Gasteiger partial charge in [0.1, 0.15) is 0 Å². The van der Waals surface area contributed by atoms with Crippen molar-refractivity contribution in [2.45, 2.75) is 33.0 Å². The maximum Gasteiger partial charge on any atom is 0.459 e. The van der Waals surface area contributed by atoms with E-state index < -0.39 is 0 Å². The van der Waals surface area contributed by atoms with Gasteiger partial charge in [0.05, 0.1) is 0 Å². The summed E-state index contributed by atoms with van der Waals surface area (Å²) in [6, 6.07) is 0. The van der Waals surface area contributed by atoms with Crippen molar-refractivity contribution >= 4 is 7.12 Å². The monoisotopic (exact) mass is 182 g/mol. The summed E-state index contributed by atoms with van der Waals surface area (Å²) in [7, 11) is -0.0158. The van der Waals surface area contributed by atoms with Gasteiger partial charge in [-0.1, -0.05) is 26.8 Å². The largest absolute Gasteiger partial charge is 0.459 e. The van der Waals surface area contributed by atoms with Crippen LogP contribution in [0.25, 0.3) is 0 Å². The quantitative estimate of drug-likeness (QED) is 0.493. The van der Waals surface area contributed by atoms with Gasteiger partial charge < -0.3 is 9.31 Å². The van der Waals surface area contributed by atoms with E-state index in [1.807, 2.05) is 6.08 Å². The molecule has 0 N–H and O–H groups in total. The van der Waals surface area contributed by atoms with Crippen molar-refractivity contribution in [3.63, 3.8) is 0 Å². The van der Waals surface area contributed by atoms with E-state index in [1.165, 1.54) is 0 Å². The van der Waals surface area contributed by atoms with E-state index in [1.54, 1.807) is 0 Å². The second-order valence-corrected chi connectivity index (χ2v) is 4.54. The first-order valence-corrected chi connectivity index (χ1v) is 4.91. The number of rotatable bonds is 3. The molecule has 0 amide bonds. The van der Waals surface area contributed by atoms with Gasteiger partial charge in [0, 0.05) is 18.6 Å². The number of allylic oxidation sites excluding steroid dienone is 1. The average molecular weight is 182 g/mol. The number of hydrogen-bond acceptors (Lipinski definition) is 2. The zero-order chi connectivity index (χ0) is 9.90. The van der Waals surface area contributed by atoms with Gasteiger partial charge in [-0.2, -0.15) is 0 Å². The normalized spacial score (nSPS) is 22.0. The molecule has 0 aromatic heterocycles. The molecule has 0 saturated carbocycles. The van der Waals surface area contributed by atoms with Crippen molar-refractivity contribution < 1.29 is 9.31 Å². The highest BCUT2D eigenvalue weighted by molar-refractivity contribution is 6.46. The van der Waals surface area contributed by atoms with Crippen LogP contribution in [-0.4, -0.2) is 20.3 Å². The van der Waals surface area contributed by atoms with Crippen molar-refractivity contribution in [3.05, 3.63) is 12.7 Å². The Bertz CT molecular complexity index is 172. The summed E-state index contributed by atoms with van der Waals surface area (Å²) in [6.07, 6.45) is 2.89. The Balaban J connectivity index is 2.41. The predicted molar refractivity (Wildman–Crippen MR) is 55.7 cm³/mol. The van der Waals surface area contributed by atoms with Gasteiger partial charge >= 0.3 is 7.12 Å². The Morgan fingerprint density at radius 1 is 1.46 bits per heavy atom. The Hall–Kier alpha value is -0.275. The van der Waals surface area contributed by atoms with Crippen LogP contribution in [0.2, 0.25) is 5.82 Å². The molecule has 1 aliphatic rings. The minimum atomic E-state index is -0.0158. The topological polar surface area (TPSA) is 18.5 Å². The lowest BCUT2D eigenvalue weighted by molar-refractivity contribution is 0.0154. The highest BCUT2D eigenvalue weighted by Crippen LogP contribution is 2.29. The Morgan fingerprint density at radius 2 is 2.00 bits per heavy atom. The standard InChI is InChI=1S/C10H19BO2/c1-5-6-10(4)7-12-11(9(2)3)13-8-10/h5,9H,1,6-8H2,2-4H3. The lowest BCUT2D eigenvalue weighted by Crippen LogP contribution is -2.43. The number of hydrogen-bond donors (Lipinski definition) is 0. The van der Waals surface area contributed by atoms with Crippen LogP contribution in [0.5, 0.6) is 0 Å². The maximum atomic E-state index is 5.64. The van der Waals surface area contributed by atoms with Gasteiger partial charge in [0.25, 0.3) is 0 Å². The molecular formula is C10H19BO2. The van der Waals surface area contributed by atoms with Crippen LogP contribution >= 0.6 is 0 Å². The molecule has 1 heterocycles. The lowest BCUT2D eigenvalue weighted by atomic mass is 9.71. The molecule has 2 nitrogen and oxygen atoms in total. The molecular weight excluding hydrogens is 163 g/mol. The highest BCUT2D eigenvalue weighted by Gasteiger charge is 2.35. The molecule has 1 rings (SSSR count). The molecule has 0 aromatic carbocycles. The lowest BCUT2D eigenvalue weighted by Gasteiger charge is -2.36. The average Bonchev–Trinajstić information content (AvgIpc) is 2.05. The summed E-state index contributed by atoms with van der Waals surface area (Å²) in [5.41, 5.74) is 0.132. The zero-order valence-corrected chi connectivity index (χ0v) is 8.88. The van der Waals surface area contributed by atoms with E-state index in [2.05, 4.69) is 27.4 Å². The van der Waals surface area contributed by atoms with Crippen molar-refractivity contribution in [3.8, 4) is 0 Å². The van der Waals surface area contributed by atoms with Gasteiger partial charge in [-0.15, -0.1) is 6.58 Å². The SMILES string of the molecule is C=CCC1(C)COB(C(C)C)OC1. The molecule has 13 heavy (non-hydrogen) atoms. The smallest absolute Gasteiger partial charge is 0.410 e. The van der Waals surface area contributed by atoms with Gasteiger partial charge in [-0.25, -0.2) is 0 Å². The Kier molecular flexibility index (Phi) is 3.57. The molecule has 0 spiro atoms. The maximum absolute atomic E-state index is 5.64. The molecule has 0 unspecified atom stereocenters. The van der Waals surface area contributed by atoms with Crippen LogP contribution in [0.3, 0.4) is 0 Å². The van der Waals surface area contributed by atoms with E-state index in [0.717, 1.165) is 19.6 Å². The van der Waals surface area contributed by atoms with Crippen LogP contribution < -0.4 is 0 Å². The molecule has 1 fully saturated rings. The van der Waals surface area contributed by atoms with Crippen LogP contribution in [0.4, 0.5) is 0 Å². The van der Waals surface area contributed by atoms with Crippen LogP contribution in [0, 0.1) is 5.41 Å². The highest BCUT2D eigenvalue weighted by atomic mass is 16.6. The summed E-state index contributed by atoms with van der Waals surface area (Å²) < 4.78 is 11.3. The molecule has 1 aliphatic heterocycles. The van der Waals surface area contributed by atoms with Crippen LogP contribution in [-0.2, 0) is 9.31 Å². The minimum Gasteiger partial charge on any atom is -0.410 e. The van der Waals surface area contributed by atoms with Gasteiger partial charge in [0.2, 0.25) is 0 Å². The fourth-order valence-electron chi connectivity index (χ4n) is 1.51. The fraction of sp³-hybridized carbons (Fsp3) is 0.800. The van der Waals surface area contributed by atoms with Crippen LogP contribution in [0.1, 0.15) is 27.2 Å². The van der Waals surface area contributed by atoms with Crippen molar-refractivity contribution in [1.82, 2.24) is 0 Å². The van der Waals surface area contributed by atoms with Crippen molar-refractivity contribution in [2.75, 3.05) is 13.2 Å². The molecule has 3 heteroatoms. The molecule has 0 aliphatic carbocycles. The third-order valence-corrected chi connectivity index (χ3v) is 2.37. The first kappa shape index (κ1) is 10.8. The summed E-state index contributed by atoms with van der Waals surface area (Å²) in [4.78, 5) is 0. The Morgan fingerprint density at radius 3 is 2.38 bits per heavy atom. The summed E-state index contributed by atoms with van der Waals surface area (Å²) in [6.45, 7) is 11.7. The molecule has 0 bridgehead atoms. The third-order valence-electron chi connectivity index (χ3n) is 2.37. The predicted octanol–water partition coefficient (Wildman–Crippen LogP) is 2.51. The summed E-state index contributed by atoms with van der Waals surface area (Å²) >= 11 is 0. The first-order valence-electron chi connectivity index (χ1n) is 4.91. The second kappa shape index (κ2) is 4.29. The summed E-state index contributed by atoms with van der Waals surface area (Å²) in [5.74, 6) is 0.438. The van der Waals surface area contributed by atoms with Crippen molar-refractivity contribution in [1.29, 1.82) is 0 Å². The molecule has 1 saturated heterocycles. The zero-order valence-electron chi connectivity index (χ0n) is 8.88. The van der Waals surface area contributed by atoms with E-state index in [9.17, 15) is 0 Å². The van der Waals surface area contributed by atoms with E-state index in [-0.39, 0.29) is 12.5 Å². The fourth-order valence-corrected chi connectivity index (χ4v) is 1.51. The Labute approximate surface area is 81.4 Å². The van der Waals surface area contributed by atoms with Gasteiger partial charge in [0.15, 0.2) is 0 Å². The second-order valence-electron chi connectivity index (χ2n) is 4.54. The van der Waals surface area contributed by atoms with E-state index >= 15 is 0 Å². The van der Waals surface area contributed by atoms with Crippen molar-refractivity contribution in [2.24, 2.45) is 5.41 Å². The van der Waals surface area contributed by atoms with Crippen LogP contribution in [0.15, 0.2) is 12.7 Å².